The van der Waals surface area contributed by atoms with Crippen molar-refractivity contribution < 1.29 is 9.53 Å². The van der Waals surface area contributed by atoms with Crippen molar-refractivity contribution in [2.75, 3.05) is 18.5 Å². The number of esters is 1. The highest BCUT2D eigenvalue weighted by molar-refractivity contribution is 6.30. The van der Waals surface area contributed by atoms with E-state index in [0.29, 0.717) is 17.3 Å². The third-order valence-corrected chi connectivity index (χ3v) is 5.46. The molecular formula is C20H24ClN3O3. The van der Waals surface area contributed by atoms with Crippen LogP contribution in [0.4, 0.5) is 5.82 Å². The lowest BCUT2D eigenvalue weighted by Crippen LogP contribution is -2.42. The number of nitrogens with one attached hydrogen (secondary N) is 1. The normalized spacial score (nSPS) is 15.1. The highest BCUT2D eigenvalue weighted by Crippen LogP contribution is 2.43. The van der Waals surface area contributed by atoms with Crippen LogP contribution in [0, 0.1) is 6.92 Å². The Bertz CT molecular complexity index is 873. The van der Waals surface area contributed by atoms with Crippen LogP contribution >= 0.6 is 11.6 Å². The number of rotatable bonds is 7. The van der Waals surface area contributed by atoms with E-state index in [-0.39, 0.29) is 29.9 Å². The Balaban J connectivity index is 1.78. The Morgan fingerprint density at radius 1 is 1.33 bits per heavy atom. The smallest absolute Gasteiger partial charge is 0.326 e. The molecule has 1 heterocycles. The number of ether oxygens (including phenoxy) is 1. The van der Waals surface area contributed by atoms with Crippen LogP contribution in [0.2, 0.25) is 5.02 Å². The molecule has 1 N–H and O–H groups in total. The van der Waals surface area contributed by atoms with E-state index in [0.717, 1.165) is 19.3 Å². The van der Waals surface area contributed by atoms with Crippen molar-refractivity contribution in [2.45, 2.75) is 45.1 Å². The number of benzene rings is 1. The first-order valence-electron chi connectivity index (χ1n) is 9.17. The third-order valence-electron chi connectivity index (χ3n) is 5.21. The Kier molecular flexibility index (Phi) is 5.85. The summed E-state index contributed by atoms with van der Waals surface area (Å²) in [5.41, 5.74) is 1.50. The van der Waals surface area contributed by atoms with Gasteiger partial charge in [-0.25, -0.2) is 4.98 Å². The second-order valence-electron chi connectivity index (χ2n) is 6.94. The maximum Gasteiger partial charge on any atom is 0.326 e. The summed E-state index contributed by atoms with van der Waals surface area (Å²) >= 11 is 6.01. The van der Waals surface area contributed by atoms with Crippen LogP contribution in [-0.2, 0) is 21.5 Å². The van der Waals surface area contributed by atoms with Crippen molar-refractivity contribution in [1.82, 2.24) is 9.55 Å². The predicted octanol–water partition coefficient (Wildman–Crippen LogP) is 3.30. The zero-order valence-corrected chi connectivity index (χ0v) is 16.4. The minimum Gasteiger partial charge on any atom is -0.465 e. The molecule has 2 aromatic rings. The molecule has 0 radical (unpaired) electrons. The van der Waals surface area contributed by atoms with Crippen molar-refractivity contribution in [3.05, 3.63) is 57.1 Å². The Hall–Kier alpha value is -2.34. The number of hydrogen-bond donors (Lipinski definition) is 1. The van der Waals surface area contributed by atoms with Crippen LogP contribution in [-0.4, -0.2) is 28.7 Å². The van der Waals surface area contributed by atoms with E-state index in [4.69, 9.17) is 16.3 Å². The maximum atomic E-state index is 12.7. The second-order valence-corrected chi connectivity index (χ2v) is 7.38. The van der Waals surface area contributed by atoms with Crippen molar-refractivity contribution in [3.63, 3.8) is 0 Å². The molecule has 144 valence electrons. The van der Waals surface area contributed by atoms with Gasteiger partial charge in [0.25, 0.3) is 5.56 Å². The van der Waals surface area contributed by atoms with E-state index in [1.54, 1.807) is 20.0 Å². The van der Waals surface area contributed by atoms with Gasteiger partial charge in [-0.2, -0.15) is 0 Å². The molecule has 0 saturated heterocycles. The molecule has 0 aliphatic heterocycles. The van der Waals surface area contributed by atoms with Crippen LogP contribution in [0.5, 0.6) is 0 Å². The number of anilines is 1. The highest BCUT2D eigenvalue weighted by Gasteiger charge is 2.38. The van der Waals surface area contributed by atoms with Gasteiger partial charge in [-0.1, -0.05) is 30.2 Å². The topological polar surface area (TPSA) is 73.2 Å². The number of carbonyl (C=O) groups is 1. The lowest BCUT2D eigenvalue weighted by Gasteiger charge is -2.42. The molecule has 1 aromatic carbocycles. The predicted molar refractivity (Wildman–Crippen MR) is 105 cm³/mol. The molecule has 1 aliphatic rings. The first-order chi connectivity index (χ1) is 12.9. The molecule has 0 unspecified atom stereocenters. The summed E-state index contributed by atoms with van der Waals surface area (Å²) in [5, 5.41) is 3.92. The molecule has 1 saturated carbocycles. The third kappa shape index (κ3) is 4.16. The van der Waals surface area contributed by atoms with Gasteiger partial charge in [0.1, 0.15) is 6.54 Å². The zero-order valence-electron chi connectivity index (χ0n) is 15.6. The lowest BCUT2D eigenvalue weighted by molar-refractivity contribution is -0.143. The molecular weight excluding hydrogens is 366 g/mol. The van der Waals surface area contributed by atoms with Gasteiger partial charge in [0, 0.05) is 28.9 Å². The molecule has 1 fully saturated rings. The van der Waals surface area contributed by atoms with Gasteiger partial charge < -0.3 is 10.1 Å². The molecule has 6 nitrogen and oxygen atoms in total. The van der Waals surface area contributed by atoms with Crippen LogP contribution in [0.25, 0.3) is 0 Å². The van der Waals surface area contributed by atoms with Gasteiger partial charge in [-0.3, -0.25) is 14.2 Å². The van der Waals surface area contributed by atoms with Crippen molar-refractivity contribution in [2.24, 2.45) is 0 Å². The van der Waals surface area contributed by atoms with Crippen LogP contribution < -0.4 is 10.9 Å². The molecule has 1 aliphatic carbocycles. The first kappa shape index (κ1) is 19.4. The van der Waals surface area contributed by atoms with Gasteiger partial charge in [-0.15, -0.1) is 0 Å². The fourth-order valence-corrected chi connectivity index (χ4v) is 3.58. The highest BCUT2D eigenvalue weighted by atomic mass is 35.5. The fourth-order valence-electron chi connectivity index (χ4n) is 3.45. The van der Waals surface area contributed by atoms with Crippen molar-refractivity contribution in [1.29, 1.82) is 0 Å². The summed E-state index contributed by atoms with van der Waals surface area (Å²) < 4.78 is 6.35. The van der Waals surface area contributed by atoms with Crippen LogP contribution in [0.15, 0.2) is 35.3 Å². The molecule has 0 amide bonds. The molecule has 27 heavy (non-hydrogen) atoms. The number of hydrogen-bond acceptors (Lipinski definition) is 5. The monoisotopic (exact) mass is 389 g/mol. The van der Waals surface area contributed by atoms with Crippen LogP contribution in [0.3, 0.4) is 0 Å². The number of aryl methyl sites for hydroxylation is 1. The minimum absolute atomic E-state index is 0.0183. The SMILES string of the molecule is CCOC(=O)Cn1c(C)cnc(NCC2(c3ccc(Cl)cc3)CCC2)c1=O. The largest absolute Gasteiger partial charge is 0.465 e. The average Bonchev–Trinajstić information content (AvgIpc) is 2.61. The number of halogens is 1. The maximum absolute atomic E-state index is 12.7. The van der Waals surface area contributed by atoms with Gasteiger partial charge in [0.2, 0.25) is 0 Å². The number of carbonyl (C=O) groups excluding carboxylic acids is 1. The summed E-state index contributed by atoms with van der Waals surface area (Å²) in [6.07, 6.45) is 4.84. The molecule has 0 atom stereocenters. The molecule has 0 bridgehead atoms. The minimum atomic E-state index is -0.434. The summed E-state index contributed by atoms with van der Waals surface area (Å²) in [7, 11) is 0. The summed E-state index contributed by atoms with van der Waals surface area (Å²) in [6.45, 7) is 4.27. The summed E-state index contributed by atoms with van der Waals surface area (Å²) in [5.74, 6) is -0.179. The van der Waals surface area contributed by atoms with E-state index >= 15 is 0 Å². The average molecular weight is 390 g/mol. The van der Waals surface area contributed by atoms with E-state index in [1.807, 2.05) is 24.3 Å². The second kappa shape index (κ2) is 8.13. The molecule has 0 spiro atoms. The van der Waals surface area contributed by atoms with Gasteiger partial charge >= 0.3 is 5.97 Å². The summed E-state index contributed by atoms with van der Waals surface area (Å²) in [6, 6.07) is 7.89. The zero-order chi connectivity index (χ0) is 19.4. The van der Waals surface area contributed by atoms with E-state index in [9.17, 15) is 9.59 Å². The van der Waals surface area contributed by atoms with E-state index in [2.05, 4.69) is 10.3 Å². The van der Waals surface area contributed by atoms with Crippen molar-refractivity contribution in [3.8, 4) is 0 Å². The molecule has 7 heteroatoms. The Morgan fingerprint density at radius 3 is 2.63 bits per heavy atom. The summed E-state index contributed by atoms with van der Waals surface area (Å²) in [4.78, 5) is 28.8. The molecule has 3 rings (SSSR count). The Labute approximate surface area is 163 Å². The Morgan fingerprint density at radius 2 is 2.04 bits per heavy atom. The van der Waals surface area contributed by atoms with Gasteiger partial charge in [0.15, 0.2) is 5.82 Å². The fraction of sp³-hybridized carbons (Fsp3) is 0.450. The number of nitrogens with zero attached hydrogens (tertiary/aromatic N) is 2. The van der Waals surface area contributed by atoms with E-state index in [1.165, 1.54) is 10.1 Å². The first-order valence-corrected chi connectivity index (χ1v) is 9.55. The van der Waals surface area contributed by atoms with Crippen LogP contribution in [0.1, 0.15) is 37.4 Å². The molecule has 1 aromatic heterocycles. The van der Waals surface area contributed by atoms with Gasteiger partial charge in [-0.05, 0) is 44.4 Å². The van der Waals surface area contributed by atoms with E-state index < -0.39 is 5.97 Å². The quantitative estimate of drug-likeness (QED) is 0.735. The number of aromatic nitrogens is 2. The lowest BCUT2D eigenvalue weighted by atomic mass is 9.64. The van der Waals surface area contributed by atoms with Crippen molar-refractivity contribution >= 4 is 23.4 Å². The van der Waals surface area contributed by atoms with Gasteiger partial charge in [0.05, 0.1) is 6.61 Å². The standard InChI is InChI=1S/C20H24ClN3O3/c1-3-27-17(25)12-24-14(2)11-22-18(19(24)26)23-13-20(9-4-10-20)15-5-7-16(21)8-6-15/h5-8,11H,3-4,9-10,12-13H2,1-2H3,(H,22,23).